The first-order chi connectivity index (χ1) is 19.0. The Bertz CT molecular complexity index is 825. The summed E-state index contributed by atoms with van der Waals surface area (Å²) in [4.78, 5) is 2.08. The Labute approximate surface area is 248 Å². The van der Waals surface area contributed by atoms with Crippen molar-refractivity contribution in [2.75, 3.05) is 27.2 Å². The van der Waals surface area contributed by atoms with Gasteiger partial charge in [-0.1, -0.05) is 78.9 Å². The lowest BCUT2D eigenvalue weighted by atomic mass is 9.47. The predicted octanol–water partition coefficient (Wildman–Crippen LogP) is 8.48. The Morgan fingerprint density at radius 1 is 1.00 bits per heavy atom. The van der Waals surface area contributed by atoms with Gasteiger partial charge in [0, 0.05) is 6.54 Å². The second-order valence-corrected chi connectivity index (χ2v) is 15.7. The average Bonchev–Trinajstić information content (AvgIpc) is 3.25. The van der Waals surface area contributed by atoms with Crippen LogP contribution in [0, 0.1) is 46.3 Å². The summed E-state index contributed by atoms with van der Waals surface area (Å²) in [6.07, 6.45) is 19.2. The molecule has 0 aromatic carbocycles. The number of rotatable bonds is 14. The molecular formula is C36H65NO3. The van der Waals surface area contributed by atoms with Crippen molar-refractivity contribution in [1.82, 2.24) is 4.90 Å². The number of likely N-dealkylation sites (N-methyl/N-ethyl adjacent to an activating group) is 1. The zero-order valence-corrected chi connectivity index (χ0v) is 27.6. The Kier molecular flexibility index (Phi) is 11.3. The van der Waals surface area contributed by atoms with Gasteiger partial charge in [-0.2, -0.15) is 0 Å². The van der Waals surface area contributed by atoms with E-state index < -0.39 is 0 Å². The number of ether oxygens (including phenoxy) is 2. The molecule has 10 atom stereocenters. The monoisotopic (exact) mass is 559 g/mol. The van der Waals surface area contributed by atoms with Crippen molar-refractivity contribution in [1.29, 1.82) is 0 Å². The van der Waals surface area contributed by atoms with E-state index in [1.165, 1.54) is 57.8 Å². The summed E-state index contributed by atoms with van der Waals surface area (Å²) >= 11 is 0. The maximum absolute atomic E-state index is 9.87. The van der Waals surface area contributed by atoms with Gasteiger partial charge in [0.2, 0.25) is 0 Å². The van der Waals surface area contributed by atoms with Crippen LogP contribution in [0.15, 0.2) is 11.6 Å². The summed E-state index contributed by atoms with van der Waals surface area (Å²) in [5.41, 5.74) is 2.60. The molecular weight excluding hydrogens is 494 g/mol. The van der Waals surface area contributed by atoms with E-state index in [1.54, 1.807) is 5.57 Å². The third-order valence-electron chi connectivity index (χ3n) is 12.2. The zero-order chi connectivity index (χ0) is 29.1. The van der Waals surface area contributed by atoms with Crippen LogP contribution in [0.4, 0.5) is 0 Å². The molecule has 3 unspecified atom stereocenters. The first-order valence-corrected chi connectivity index (χ1v) is 17.3. The summed E-state index contributed by atoms with van der Waals surface area (Å²) < 4.78 is 12.9. The highest BCUT2D eigenvalue weighted by atomic mass is 16.7. The minimum absolute atomic E-state index is 0.0381. The van der Waals surface area contributed by atoms with Gasteiger partial charge in [0.15, 0.2) is 6.29 Å². The Morgan fingerprint density at radius 3 is 2.45 bits per heavy atom. The van der Waals surface area contributed by atoms with Crippen LogP contribution in [0.5, 0.6) is 0 Å². The van der Waals surface area contributed by atoms with E-state index >= 15 is 0 Å². The summed E-state index contributed by atoms with van der Waals surface area (Å²) in [6.45, 7) is 15.6. The summed E-state index contributed by atoms with van der Waals surface area (Å²) in [7, 11) is 4.06. The minimum Gasteiger partial charge on any atom is -0.394 e. The van der Waals surface area contributed by atoms with Crippen molar-refractivity contribution in [3.8, 4) is 0 Å². The number of fused-ring (bicyclic) bond motifs is 5. The second-order valence-electron chi connectivity index (χ2n) is 15.7. The molecule has 0 heterocycles. The van der Waals surface area contributed by atoms with Gasteiger partial charge in [-0.3, -0.25) is 0 Å². The normalized spacial score (nSPS) is 38.0. The minimum atomic E-state index is -0.221. The van der Waals surface area contributed by atoms with Gasteiger partial charge >= 0.3 is 0 Å². The lowest BCUT2D eigenvalue weighted by Crippen LogP contribution is -2.51. The third kappa shape index (κ3) is 7.03. The largest absolute Gasteiger partial charge is 0.394 e. The average molecular weight is 560 g/mol. The lowest BCUT2D eigenvalue weighted by Gasteiger charge is -2.58. The topological polar surface area (TPSA) is 41.9 Å². The SMILES string of the molecule is CCCC(OC1CC[C@@]2(C)C(=CC[C@@H]3[C@@H]4CC[C@H]([C@H](C)CCCC(C)C)[C@@]4(C)CC[C@@H]32)C1)OC(CO)CN(C)C. The fourth-order valence-corrected chi connectivity index (χ4v) is 10.2. The van der Waals surface area contributed by atoms with E-state index in [-0.39, 0.29) is 25.1 Å². The molecule has 4 nitrogen and oxygen atoms in total. The fraction of sp³-hybridized carbons (Fsp3) is 0.944. The van der Waals surface area contributed by atoms with Crippen LogP contribution in [0.2, 0.25) is 0 Å². The van der Waals surface area contributed by atoms with Crippen molar-refractivity contribution < 1.29 is 14.6 Å². The molecule has 0 amide bonds. The molecule has 232 valence electrons. The molecule has 0 saturated heterocycles. The number of nitrogens with zero attached hydrogens (tertiary/aromatic N) is 1. The van der Waals surface area contributed by atoms with E-state index in [1.807, 2.05) is 14.1 Å². The number of hydrogen-bond donors (Lipinski definition) is 1. The van der Waals surface area contributed by atoms with Gasteiger partial charge in [0.1, 0.15) is 0 Å². The highest BCUT2D eigenvalue weighted by Gasteiger charge is 2.59. The molecule has 0 radical (unpaired) electrons. The van der Waals surface area contributed by atoms with Crippen molar-refractivity contribution in [2.45, 2.75) is 144 Å². The number of allylic oxidation sites excluding steroid dienone is 1. The van der Waals surface area contributed by atoms with E-state index in [9.17, 15) is 5.11 Å². The molecule has 3 fully saturated rings. The first kappa shape index (κ1) is 32.5. The highest BCUT2D eigenvalue weighted by Crippen LogP contribution is 2.67. The summed E-state index contributed by atoms with van der Waals surface area (Å²) in [5, 5.41) is 9.87. The van der Waals surface area contributed by atoms with Crippen LogP contribution < -0.4 is 0 Å². The molecule has 40 heavy (non-hydrogen) atoms. The fourth-order valence-electron chi connectivity index (χ4n) is 10.2. The van der Waals surface area contributed by atoms with Gasteiger partial charge in [0.05, 0.1) is 18.8 Å². The summed E-state index contributed by atoms with van der Waals surface area (Å²) in [6, 6.07) is 0. The van der Waals surface area contributed by atoms with E-state index in [0.29, 0.717) is 17.4 Å². The molecule has 1 N–H and O–H groups in total. The third-order valence-corrected chi connectivity index (χ3v) is 12.2. The standard InChI is InChI=1S/C36H65NO3/c1-9-11-34(40-29(24-38)23-37(7)8)39-28-18-20-35(5)27(22-28)14-15-30-32-17-16-31(26(4)13-10-12-25(2)3)36(32,6)21-19-33(30)35/h14,25-26,28-34,38H,9-13,15-24H2,1-8H3/t26-,28?,29?,30-,31-,32+,33+,34?,35+,36-/m1/s1. The quantitative estimate of drug-likeness (QED) is 0.171. The summed E-state index contributed by atoms with van der Waals surface area (Å²) in [5.74, 6) is 5.29. The van der Waals surface area contributed by atoms with Crippen LogP contribution in [0.1, 0.15) is 125 Å². The molecule has 0 aromatic heterocycles. The smallest absolute Gasteiger partial charge is 0.158 e. The van der Waals surface area contributed by atoms with Crippen molar-refractivity contribution in [3.63, 3.8) is 0 Å². The lowest BCUT2D eigenvalue weighted by molar-refractivity contribution is -0.211. The molecule has 4 aliphatic carbocycles. The number of aliphatic hydroxyl groups excluding tert-OH is 1. The van der Waals surface area contributed by atoms with Gasteiger partial charge in [-0.05, 0) is 118 Å². The van der Waals surface area contributed by atoms with E-state index in [2.05, 4.69) is 52.5 Å². The first-order valence-electron chi connectivity index (χ1n) is 17.3. The van der Waals surface area contributed by atoms with Gasteiger partial charge in [0.25, 0.3) is 0 Å². The van der Waals surface area contributed by atoms with Crippen LogP contribution in [-0.4, -0.2) is 55.8 Å². The number of aliphatic hydroxyl groups is 1. The van der Waals surface area contributed by atoms with E-state index in [0.717, 1.165) is 61.2 Å². The maximum atomic E-state index is 9.87. The van der Waals surface area contributed by atoms with Gasteiger partial charge in [-0.15, -0.1) is 0 Å². The van der Waals surface area contributed by atoms with Gasteiger partial charge < -0.3 is 19.5 Å². The molecule has 4 aliphatic rings. The second kappa shape index (κ2) is 13.9. The molecule has 4 rings (SSSR count). The predicted molar refractivity (Wildman–Crippen MR) is 167 cm³/mol. The molecule has 0 spiro atoms. The van der Waals surface area contributed by atoms with Crippen molar-refractivity contribution >= 4 is 0 Å². The molecule has 0 bridgehead atoms. The Hall–Kier alpha value is -0.420. The molecule has 4 heteroatoms. The van der Waals surface area contributed by atoms with Crippen molar-refractivity contribution in [3.05, 3.63) is 11.6 Å². The molecule has 0 aliphatic heterocycles. The van der Waals surface area contributed by atoms with E-state index in [4.69, 9.17) is 9.47 Å². The van der Waals surface area contributed by atoms with Crippen LogP contribution in [0.3, 0.4) is 0 Å². The molecule has 0 aromatic rings. The number of hydrogen-bond acceptors (Lipinski definition) is 4. The highest BCUT2D eigenvalue weighted by molar-refractivity contribution is 5.25. The molecule has 3 saturated carbocycles. The van der Waals surface area contributed by atoms with Crippen LogP contribution >= 0.6 is 0 Å². The van der Waals surface area contributed by atoms with Crippen LogP contribution in [0.25, 0.3) is 0 Å². The van der Waals surface area contributed by atoms with Gasteiger partial charge in [-0.25, -0.2) is 0 Å². The zero-order valence-electron chi connectivity index (χ0n) is 27.6. The Morgan fingerprint density at radius 2 is 1.77 bits per heavy atom. The maximum Gasteiger partial charge on any atom is 0.158 e. The van der Waals surface area contributed by atoms with Crippen LogP contribution in [-0.2, 0) is 9.47 Å². The Balaban J connectivity index is 1.40. The van der Waals surface area contributed by atoms with Crippen molar-refractivity contribution in [2.24, 2.45) is 46.3 Å².